The molecule has 3 aromatic rings. The summed E-state index contributed by atoms with van der Waals surface area (Å²) in [6, 6.07) is 9.34. The quantitative estimate of drug-likeness (QED) is 0.388. The molecule has 1 aromatic heterocycles. The summed E-state index contributed by atoms with van der Waals surface area (Å²) in [6.07, 6.45) is 0. The number of non-ortho nitro benzene ring substituents is 1. The van der Waals surface area contributed by atoms with E-state index < -0.39 is 22.6 Å². The van der Waals surface area contributed by atoms with Crippen LogP contribution in [0.15, 0.2) is 47.5 Å². The second kappa shape index (κ2) is 7.46. The predicted octanol–water partition coefficient (Wildman–Crippen LogP) is 2.66. The Morgan fingerprint density at radius 1 is 1.26 bits per heavy atom. The SMILES string of the molecule is COC(=O)Cn1c(=NC(=O)c2ccc([N+](=O)[O-])cc2)sc2cccc(F)c21. The van der Waals surface area contributed by atoms with Crippen LogP contribution < -0.4 is 4.80 Å². The lowest BCUT2D eigenvalue weighted by atomic mass is 10.2. The number of hydrogen-bond donors (Lipinski definition) is 0. The number of para-hydroxylation sites is 1. The van der Waals surface area contributed by atoms with Gasteiger partial charge in [-0.2, -0.15) is 4.99 Å². The summed E-state index contributed by atoms with van der Waals surface area (Å²) in [5.74, 6) is -1.85. The molecule has 0 fully saturated rings. The summed E-state index contributed by atoms with van der Waals surface area (Å²) >= 11 is 1.04. The smallest absolute Gasteiger partial charge is 0.325 e. The van der Waals surface area contributed by atoms with E-state index in [1.807, 2.05) is 0 Å². The number of amides is 1. The molecule has 8 nitrogen and oxygen atoms in total. The number of methoxy groups -OCH3 is 1. The van der Waals surface area contributed by atoms with Crippen LogP contribution in [-0.2, 0) is 16.1 Å². The highest BCUT2D eigenvalue weighted by Crippen LogP contribution is 2.21. The van der Waals surface area contributed by atoms with Gasteiger partial charge in [-0.15, -0.1) is 0 Å². The molecule has 0 saturated heterocycles. The fraction of sp³-hybridized carbons (Fsp3) is 0.118. The molecule has 0 spiro atoms. The minimum atomic E-state index is -0.671. The first-order chi connectivity index (χ1) is 12.9. The molecule has 138 valence electrons. The van der Waals surface area contributed by atoms with Gasteiger partial charge in [0.05, 0.1) is 22.2 Å². The second-order valence-corrected chi connectivity index (χ2v) is 6.36. The Balaban J connectivity index is 2.10. The third kappa shape index (κ3) is 3.75. The molecule has 2 aromatic carbocycles. The molecule has 0 aliphatic rings. The van der Waals surface area contributed by atoms with E-state index in [1.165, 1.54) is 48.1 Å². The van der Waals surface area contributed by atoms with E-state index in [0.717, 1.165) is 11.3 Å². The van der Waals surface area contributed by atoms with E-state index in [4.69, 9.17) is 0 Å². The largest absolute Gasteiger partial charge is 0.468 e. The molecule has 0 unspecified atom stereocenters. The highest BCUT2D eigenvalue weighted by atomic mass is 32.1. The molecule has 27 heavy (non-hydrogen) atoms. The Morgan fingerprint density at radius 2 is 1.96 bits per heavy atom. The second-order valence-electron chi connectivity index (χ2n) is 5.35. The van der Waals surface area contributed by atoms with Gasteiger partial charge in [-0.25, -0.2) is 4.39 Å². The average molecular weight is 389 g/mol. The first-order valence-electron chi connectivity index (χ1n) is 7.59. The Labute approximate surface area is 155 Å². The summed E-state index contributed by atoms with van der Waals surface area (Å²) < 4.78 is 20.6. The number of carbonyl (C=O) groups is 2. The number of carbonyl (C=O) groups excluding carboxylic acids is 2. The average Bonchev–Trinajstić information content (AvgIpc) is 3.00. The number of aromatic nitrogens is 1. The molecule has 0 N–H and O–H groups in total. The molecule has 1 heterocycles. The molecule has 0 bridgehead atoms. The van der Waals surface area contributed by atoms with E-state index >= 15 is 0 Å². The summed E-state index contributed by atoms with van der Waals surface area (Å²) in [5.41, 5.74) is 0.113. The van der Waals surface area contributed by atoms with Crippen LogP contribution >= 0.6 is 11.3 Å². The van der Waals surface area contributed by atoms with Crippen molar-refractivity contribution in [3.63, 3.8) is 0 Å². The highest BCUT2D eigenvalue weighted by Gasteiger charge is 2.15. The van der Waals surface area contributed by atoms with Gasteiger partial charge in [0.1, 0.15) is 12.4 Å². The van der Waals surface area contributed by atoms with Gasteiger partial charge in [0, 0.05) is 17.7 Å². The zero-order chi connectivity index (χ0) is 19.6. The normalized spacial score (nSPS) is 11.6. The van der Waals surface area contributed by atoms with Crippen LogP contribution in [-0.4, -0.2) is 28.5 Å². The maximum atomic E-state index is 14.2. The van der Waals surface area contributed by atoms with Crippen molar-refractivity contribution in [1.29, 1.82) is 0 Å². The van der Waals surface area contributed by atoms with Gasteiger partial charge >= 0.3 is 5.97 Å². The minimum absolute atomic E-state index is 0.115. The first kappa shape index (κ1) is 18.4. The molecule has 10 heteroatoms. The van der Waals surface area contributed by atoms with Crippen LogP contribution in [0.25, 0.3) is 10.2 Å². The van der Waals surface area contributed by atoms with Crippen molar-refractivity contribution in [1.82, 2.24) is 4.57 Å². The van der Waals surface area contributed by atoms with E-state index in [9.17, 15) is 24.1 Å². The maximum absolute atomic E-state index is 14.2. The number of hydrogen-bond acceptors (Lipinski definition) is 6. The first-order valence-corrected chi connectivity index (χ1v) is 8.40. The standard InChI is InChI=1S/C17H12FN3O5S/c1-26-14(22)9-20-15-12(18)3-2-4-13(15)27-17(20)19-16(23)10-5-7-11(8-6-10)21(24)25/h2-8H,9H2,1H3. The molecule has 0 aliphatic carbocycles. The van der Waals surface area contributed by atoms with Crippen LogP contribution in [0, 0.1) is 15.9 Å². The maximum Gasteiger partial charge on any atom is 0.325 e. The zero-order valence-corrected chi connectivity index (χ0v) is 14.7. The number of rotatable bonds is 4. The fourth-order valence-electron chi connectivity index (χ4n) is 2.39. The highest BCUT2D eigenvalue weighted by molar-refractivity contribution is 7.16. The number of esters is 1. The van der Waals surface area contributed by atoms with Gasteiger partial charge in [0.2, 0.25) is 0 Å². The van der Waals surface area contributed by atoms with Gasteiger partial charge in [-0.05, 0) is 24.3 Å². The van der Waals surface area contributed by atoms with Crippen LogP contribution in [0.1, 0.15) is 10.4 Å². The van der Waals surface area contributed by atoms with Crippen molar-refractivity contribution in [2.75, 3.05) is 7.11 Å². The van der Waals surface area contributed by atoms with Crippen molar-refractivity contribution in [3.8, 4) is 0 Å². The Morgan fingerprint density at radius 3 is 2.59 bits per heavy atom. The molecule has 0 aliphatic heterocycles. The number of thiazole rings is 1. The van der Waals surface area contributed by atoms with E-state index in [-0.39, 0.29) is 28.1 Å². The van der Waals surface area contributed by atoms with Gasteiger partial charge in [-0.3, -0.25) is 19.7 Å². The molecule has 0 atom stereocenters. The van der Waals surface area contributed by atoms with E-state index in [0.29, 0.717) is 4.70 Å². The van der Waals surface area contributed by atoms with Gasteiger partial charge < -0.3 is 9.30 Å². The van der Waals surface area contributed by atoms with Crippen molar-refractivity contribution >= 4 is 39.1 Å². The number of ether oxygens (including phenoxy) is 1. The van der Waals surface area contributed by atoms with Crippen LogP contribution in [0.4, 0.5) is 10.1 Å². The van der Waals surface area contributed by atoms with Gasteiger partial charge in [0.25, 0.3) is 11.6 Å². The van der Waals surface area contributed by atoms with Crippen molar-refractivity contribution in [2.45, 2.75) is 6.54 Å². The lowest BCUT2D eigenvalue weighted by molar-refractivity contribution is -0.384. The van der Waals surface area contributed by atoms with E-state index in [2.05, 4.69) is 9.73 Å². The summed E-state index contributed by atoms with van der Waals surface area (Å²) in [5, 5.41) is 10.7. The molecular formula is C17H12FN3O5S. The predicted molar refractivity (Wildman–Crippen MR) is 94.8 cm³/mol. The molecule has 3 rings (SSSR count). The number of fused-ring (bicyclic) bond motifs is 1. The lowest BCUT2D eigenvalue weighted by Gasteiger charge is -2.04. The summed E-state index contributed by atoms with van der Waals surface area (Å²) in [7, 11) is 1.20. The Kier molecular flexibility index (Phi) is 5.08. The number of nitro groups is 1. The molecule has 0 radical (unpaired) electrons. The topological polar surface area (TPSA) is 104 Å². The zero-order valence-electron chi connectivity index (χ0n) is 13.9. The Bertz CT molecular complexity index is 1120. The van der Waals surface area contributed by atoms with Gasteiger partial charge in [0.15, 0.2) is 4.80 Å². The molecular weight excluding hydrogens is 377 g/mol. The summed E-state index contributed by atoms with van der Waals surface area (Å²) in [4.78, 5) is 38.3. The minimum Gasteiger partial charge on any atom is -0.468 e. The van der Waals surface area contributed by atoms with Crippen molar-refractivity contribution < 1.29 is 23.6 Å². The van der Waals surface area contributed by atoms with Crippen LogP contribution in [0.2, 0.25) is 0 Å². The van der Waals surface area contributed by atoms with Crippen LogP contribution in [0.3, 0.4) is 0 Å². The van der Waals surface area contributed by atoms with Crippen molar-refractivity contribution in [2.24, 2.45) is 4.99 Å². The fourth-order valence-corrected chi connectivity index (χ4v) is 3.43. The molecule has 0 saturated carbocycles. The third-order valence-electron chi connectivity index (χ3n) is 3.69. The molecule has 1 amide bonds. The lowest BCUT2D eigenvalue weighted by Crippen LogP contribution is -2.22. The Hall–Kier alpha value is -3.40. The third-order valence-corrected chi connectivity index (χ3v) is 4.73. The van der Waals surface area contributed by atoms with Crippen molar-refractivity contribution in [3.05, 3.63) is 68.8 Å². The number of nitro benzene ring substituents is 1. The number of nitrogens with zero attached hydrogens (tertiary/aromatic N) is 3. The number of halogens is 1. The van der Waals surface area contributed by atoms with Crippen LogP contribution in [0.5, 0.6) is 0 Å². The van der Waals surface area contributed by atoms with Gasteiger partial charge in [-0.1, -0.05) is 17.4 Å². The monoisotopic (exact) mass is 389 g/mol. The van der Waals surface area contributed by atoms with E-state index in [1.54, 1.807) is 6.07 Å². The number of benzene rings is 2. The summed E-state index contributed by atoms with van der Waals surface area (Å²) in [6.45, 7) is -0.316.